The number of benzene rings is 2. The first-order chi connectivity index (χ1) is 15.5. The molecule has 1 aromatic heterocycles. The highest BCUT2D eigenvalue weighted by Crippen LogP contribution is 2.29. The number of carbonyl (C=O) groups is 2. The van der Waals surface area contributed by atoms with Crippen LogP contribution in [0.25, 0.3) is 11.3 Å². The summed E-state index contributed by atoms with van der Waals surface area (Å²) in [5.41, 5.74) is 4.42. The maximum Gasteiger partial charge on any atom is 0.321 e. The molecule has 0 unspecified atom stereocenters. The number of hydroxylamine groups is 1. The highest BCUT2D eigenvalue weighted by atomic mass is 16.5. The molecule has 2 aromatic carbocycles. The number of carboxylic acid groups (broad SMARTS) is 1. The van der Waals surface area contributed by atoms with Crippen LogP contribution >= 0.6 is 0 Å². The molecule has 166 valence electrons. The van der Waals surface area contributed by atoms with Crippen LogP contribution in [0.1, 0.15) is 34.8 Å². The number of nitrogens with zero attached hydrogens (tertiary/aromatic N) is 4. The SMILES string of the molecule is O=C(NO)c1cccc(-c2cn([C@H]3C[C@H](C(=O)O)N(CCCc4ccccc4)C3)nn2)c1. The van der Waals surface area contributed by atoms with Crippen molar-refractivity contribution in [2.24, 2.45) is 0 Å². The van der Waals surface area contributed by atoms with Crippen LogP contribution in [0.15, 0.2) is 60.8 Å². The molecule has 0 bridgehead atoms. The smallest absolute Gasteiger partial charge is 0.321 e. The van der Waals surface area contributed by atoms with E-state index in [1.165, 1.54) is 5.56 Å². The lowest BCUT2D eigenvalue weighted by atomic mass is 10.1. The average molecular weight is 435 g/mol. The molecule has 1 amide bonds. The van der Waals surface area contributed by atoms with Crippen molar-refractivity contribution in [3.05, 3.63) is 71.9 Å². The van der Waals surface area contributed by atoms with Gasteiger partial charge >= 0.3 is 5.97 Å². The molecular formula is C23H25N5O4. The molecule has 1 fully saturated rings. The van der Waals surface area contributed by atoms with Crippen LogP contribution in [0, 0.1) is 0 Å². The Labute approximate surface area is 185 Å². The van der Waals surface area contributed by atoms with Crippen LogP contribution in [0.3, 0.4) is 0 Å². The summed E-state index contributed by atoms with van der Waals surface area (Å²) >= 11 is 0. The molecule has 0 radical (unpaired) electrons. The summed E-state index contributed by atoms with van der Waals surface area (Å²) in [4.78, 5) is 25.5. The van der Waals surface area contributed by atoms with E-state index in [0.717, 1.165) is 12.8 Å². The number of aromatic nitrogens is 3. The van der Waals surface area contributed by atoms with E-state index >= 15 is 0 Å². The summed E-state index contributed by atoms with van der Waals surface area (Å²) in [7, 11) is 0. The van der Waals surface area contributed by atoms with Gasteiger partial charge in [0.25, 0.3) is 5.91 Å². The van der Waals surface area contributed by atoms with E-state index in [4.69, 9.17) is 5.21 Å². The minimum absolute atomic E-state index is 0.0991. The Kier molecular flexibility index (Phi) is 6.58. The van der Waals surface area contributed by atoms with Crippen LogP contribution in [-0.2, 0) is 11.2 Å². The van der Waals surface area contributed by atoms with Crippen molar-refractivity contribution in [3.63, 3.8) is 0 Å². The minimum Gasteiger partial charge on any atom is -0.480 e. The summed E-state index contributed by atoms with van der Waals surface area (Å²) in [6.07, 6.45) is 4.01. The van der Waals surface area contributed by atoms with E-state index in [2.05, 4.69) is 22.4 Å². The van der Waals surface area contributed by atoms with Gasteiger partial charge < -0.3 is 5.11 Å². The molecule has 1 saturated heterocycles. The van der Waals surface area contributed by atoms with Gasteiger partial charge in [-0.15, -0.1) is 5.10 Å². The van der Waals surface area contributed by atoms with Crippen LogP contribution in [0.5, 0.6) is 0 Å². The van der Waals surface area contributed by atoms with Gasteiger partial charge in [0.2, 0.25) is 0 Å². The first kappa shape index (κ1) is 21.7. The van der Waals surface area contributed by atoms with Gasteiger partial charge in [-0.2, -0.15) is 0 Å². The zero-order valence-corrected chi connectivity index (χ0v) is 17.5. The Morgan fingerprint density at radius 1 is 1.12 bits per heavy atom. The van der Waals surface area contributed by atoms with E-state index in [9.17, 15) is 14.7 Å². The Hall–Kier alpha value is -3.56. The van der Waals surface area contributed by atoms with E-state index in [-0.39, 0.29) is 6.04 Å². The zero-order valence-electron chi connectivity index (χ0n) is 17.5. The summed E-state index contributed by atoms with van der Waals surface area (Å²) in [6, 6.07) is 16.2. The van der Waals surface area contributed by atoms with Gasteiger partial charge in [0, 0.05) is 17.7 Å². The number of hydrogen-bond acceptors (Lipinski definition) is 6. The molecule has 9 nitrogen and oxygen atoms in total. The number of carbonyl (C=O) groups excluding carboxylic acids is 1. The minimum atomic E-state index is -0.824. The summed E-state index contributed by atoms with van der Waals surface area (Å²) in [5.74, 6) is -1.43. The molecule has 0 spiro atoms. The number of nitrogens with one attached hydrogen (secondary N) is 1. The third kappa shape index (κ3) is 4.84. The monoisotopic (exact) mass is 435 g/mol. The van der Waals surface area contributed by atoms with Crippen LogP contribution in [-0.4, -0.2) is 61.2 Å². The molecule has 2 atom stereocenters. The maximum absolute atomic E-state index is 11.8. The lowest BCUT2D eigenvalue weighted by molar-refractivity contribution is -0.142. The molecule has 32 heavy (non-hydrogen) atoms. The molecule has 2 heterocycles. The molecule has 3 aromatic rings. The molecule has 9 heteroatoms. The lowest BCUT2D eigenvalue weighted by Crippen LogP contribution is -2.36. The second kappa shape index (κ2) is 9.71. The molecule has 3 N–H and O–H groups in total. The quantitative estimate of drug-likeness (QED) is 0.367. The van der Waals surface area contributed by atoms with Crippen LogP contribution in [0.4, 0.5) is 0 Å². The Morgan fingerprint density at radius 3 is 2.69 bits per heavy atom. The van der Waals surface area contributed by atoms with E-state index in [1.807, 2.05) is 23.1 Å². The van der Waals surface area contributed by atoms with Crippen molar-refractivity contribution < 1.29 is 19.9 Å². The molecule has 1 aliphatic rings. The first-order valence-corrected chi connectivity index (χ1v) is 10.5. The van der Waals surface area contributed by atoms with E-state index in [0.29, 0.717) is 36.3 Å². The van der Waals surface area contributed by atoms with Gasteiger partial charge in [-0.1, -0.05) is 47.7 Å². The Bertz CT molecular complexity index is 1080. The summed E-state index contributed by atoms with van der Waals surface area (Å²) < 4.78 is 1.71. The highest BCUT2D eigenvalue weighted by Gasteiger charge is 2.37. The van der Waals surface area contributed by atoms with E-state index in [1.54, 1.807) is 40.6 Å². The van der Waals surface area contributed by atoms with Gasteiger partial charge in [-0.3, -0.25) is 19.7 Å². The van der Waals surface area contributed by atoms with Gasteiger partial charge in [-0.05, 0) is 43.5 Å². The van der Waals surface area contributed by atoms with Gasteiger partial charge in [0.1, 0.15) is 11.7 Å². The number of aliphatic carboxylic acids is 1. The number of carboxylic acids is 1. The third-order valence-electron chi connectivity index (χ3n) is 5.83. The van der Waals surface area contributed by atoms with Crippen molar-refractivity contribution in [2.75, 3.05) is 13.1 Å². The number of hydrogen-bond donors (Lipinski definition) is 3. The lowest BCUT2D eigenvalue weighted by Gasteiger charge is -2.20. The average Bonchev–Trinajstić information content (AvgIpc) is 3.47. The topological polar surface area (TPSA) is 121 Å². The fraction of sp³-hybridized carbons (Fsp3) is 0.304. The Morgan fingerprint density at radius 2 is 1.94 bits per heavy atom. The highest BCUT2D eigenvalue weighted by molar-refractivity contribution is 5.94. The van der Waals surface area contributed by atoms with Crippen molar-refractivity contribution in [2.45, 2.75) is 31.3 Å². The Balaban J connectivity index is 1.43. The maximum atomic E-state index is 11.8. The van der Waals surface area contributed by atoms with Crippen molar-refractivity contribution in [3.8, 4) is 11.3 Å². The molecule has 4 rings (SSSR count). The second-order valence-electron chi connectivity index (χ2n) is 7.93. The van der Waals surface area contributed by atoms with Crippen molar-refractivity contribution >= 4 is 11.9 Å². The molecule has 0 saturated carbocycles. The van der Waals surface area contributed by atoms with Gasteiger partial charge in [0.05, 0.1) is 12.2 Å². The number of amides is 1. The van der Waals surface area contributed by atoms with Crippen LogP contribution < -0.4 is 5.48 Å². The first-order valence-electron chi connectivity index (χ1n) is 10.5. The normalized spacial score (nSPS) is 18.5. The van der Waals surface area contributed by atoms with Crippen molar-refractivity contribution in [1.82, 2.24) is 25.4 Å². The predicted molar refractivity (Wildman–Crippen MR) is 116 cm³/mol. The molecule has 1 aliphatic heterocycles. The predicted octanol–water partition coefficient (Wildman–Crippen LogP) is 2.40. The standard InChI is InChI=1S/C23H25N5O4/c29-22(25-32)18-10-4-9-17(12-18)20-15-28(26-24-20)19-13-21(23(30)31)27(14-19)11-5-8-16-6-2-1-3-7-16/h1-4,6-7,9-10,12,15,19,21,32H,5,8,11,13-14H2,(H,25,29)(H,30,31)/t19-,21+/m0/s1. The summed E-state index contributed by atoms with van der Waals surface area (Å²) in [6.45, 7) is 1.28. The van der Waals surface area contributed by atoms with Crippen molar-refractivity contribution in [1.29, 1.82) is 0 Å². The molecular weight excluding hydrogens is 410 g/mol. The number of likely N-dealkylation sites (tertiary alicyclic amines) is 1. The zero-order chi connectivity index (χ0) is 22.5. The number of rotatable bonds is 8. The fourth-order valence-corrected chi connectivity index (χ4v) is 4.18. The van der Waals surface area contributed by atoms with Gasteiger partial charge in [0.15, 0.2) is 0 Å². The second-order valence-corrected chi connectivity index (χ2v) is 7.93. The van der Waals surface area contributed by atoms with Gasteiger partial charge in [-0.25, -0.2) is 10.2 Å². The fourth-order valence-electron chi connectivity index (χ4n) is 4.18. The van der Waals surface area contributed by atoms with E-state index < -0.39 is 17.9 Å². The largest absolute Gasteiger partial charge is 0.480 e. The molecule has 0 aliphatic carbocycles. The summed E-state index contributed by atoms with van der Waals surface area (Å²) in [5, 5.41) is 27.0. The third-order valence-corrected chi connectivity index (χ3v) is 5.83. The number of aryl methyl sites for hydroxylation is 1. The van der Waals surface area contributed by atoms with Crippen LogP contribution in [0.2, 0.25) is 0 Å².